The number of nitrogens with one attached hydrogen (secondary N) is 1. The summed E-state index contributed by atoms with van der Waals surface area (Å²) in [5, 5.41) is 3.20. The molecule has 0 heterocycles. The molecule has 3 aromatic rings. The van der Waals surface area contributed by atoms with E-state index in [2.05, 4.69) is 21.2 Å². The van der Waals surface area contributed by atoms with Crippen LogP contribution in [0.2, 0.25) is 10.0 Å². The maximum atomic E-state index is 13.9. The van der Waals surface area contributed by atoms with Crippen molar-refractivity contribution >= 4 is 66.7 Å². The van der Waals surface area contributed by atoms with Crippen LogP contribution in [-0.2, 0) is 32.6 Å². The molecule has 202 valence electrons. The molecule has 0 aliphatic carbocycles. The molecule has 0 saturated heterocycles. The van der Waals surface area contributed by atoms with Crippen molar-refractivity contribution in [2.45, 2.75) is 25.9 Å². The number of halogens is 3. The van der Waals surface area contributed by atoms with Gasteiger partial charge in [0.1, 0.15) is 12.6 Å². The van der Waals surface area contributed by atoms with E-state index in [4.69, 9.17) is 23.2 Å². The highest BCUT2D eigenvalue weighted by molar-refractivity contribution is 9.10. The first-order valence-electron chi connectivity index (χ1n) is 11.8. The quantitative estimate of drug-likeness (QED) is 0.308. The minimum Gasteiger partial charge on any atom is -0.355 e. The molecule has 0 radical (unpaired) electrons. The van der Waals surface area contributed by atoms with Gasteiger partial charge >= 0.3 is 0 Å². The third-order valence-corrected chi connectivity index (χ3v) is 7.95. The molecule has 0 aliphatic rings. The fraction of sp³-hybridized carbons (Fsp3) is 0.259. The molecule has 3 rings (SSSR count). The van der Waals surface area contributed by atoms with Gasteiger partial charge < -0.3 is 10.2 Å². The van der Waals surface area contributed by atoms with E-state index in [0.717, 1.165) is 26.2 Å². The lowest BCUT2D eigenvalue weighted by Crippen LogP contribution is -2.53. The molecule has 0 spiro atoms. The number of amides is 2. The Morgan fingerprint density at radius 3 is 2.24 bits per heavy atom. The number of hydrogen-bond donors (Lipinski definition) is 1. The minimum absolute atomic E-state index is 0.0798. The molecule has 0 aliphatic heterocycles. The van der Waals surface area contributed by atoms with Gasteiger partial charge in [-0.1, -0.05) is 81.6 Å². The topological polar surface area (TPSA) is 86.8 Å². The van der Waals surface area contributed by atoms with E-state index >= 15 is 0 Å². The van der Waals surface area contributed by atoms with Gasteiger partial charge in [0.15, 0.2) is 0 Å². The van der Waals surface area contributed by atoms with E-state index in [9.17, 15) is 18.0 Å². The van der Waals surface area contributed by atoms with Gasteiger partial charge in [-0.3, -0.25) is 13.9 Å². The van der Waals surface area contributed by atoms with Gasteiger partial charge in [-0.05, 0) is 48.4 Å². The predicted octanol–water partition coefficient (Wildman–Crippen LogP) is 5.30. The van der Waals surface area contributed by atoms with Gasteiger partial charge in [-0.2, -0.15) is 0 Å². The fourth-order valence-corrected chi connectivity index (χ4v) is 5.46. The van der Waals surface area contributed by atoms with Gasteiger partial charge in [0.25, 0.3) is 0 Å². The molecular weight excluding hydrogens is 613 g/mol. The molecule has 0 fully saturated rings. The van der Waals surface area contributed by atoms with Crippen molar-refractivity contribution in [1.29, 1.82) is 0 Å². The van der Waals surface area contributed by atoms with E-state index < -0.39 is 28.5 Å². The van der Waals surface area contributed by atoms with E-state index in [0.29, 0.717) is 6.54 Å². The Kier molecular flexibility index (Phi) is 10.6. The summed E-state index contributed by atoms with van der Waals surface area (Å²) in [4.78, 5) is 28.7. The van der Waals surface area contributed by atoms with Gasteiger partial charge in [0.2, 0.25) is 21.8 Å². The summed E-state index contributed by atoms with van der Waals surface area (Å²) in [5.74, 6) is -0.907. The average molecular weight is 641 g/mol. The Morgan fingerprint density at radius 2 is 1.63 bits per heavy atom. The number of carbonyl (C=O) groups excluding carboxylic acids is 2. The molecule has 1 unspecified atom stereocenters. The Bertz CT molecular complexity index is 1370. The summed E-state index contributed by atoms with van der Waals surface area (Å²) in [5.41, 5.74) is 1.71. The van der Waals surface area contributed by atoms with Crippen LogP contribution in [0.25, 0.3) is 0 Å². The molecule has 1 N–H and O–H groups in total. The lowest BCUT2D eigenvalue weighted by Gasteiger charge is -2.33. The second-order valence-corrected chi connectivity index (χ2v) is 12.3. The second kappa shape index (κ2) is 13.5. The zero-order chi connectivity index (χ0) is 27.9. The number of rotatable bonds is 11. The van der Waals surface area contributed by atoms with Gasteiger partial charge in [0, 0.05) is 29.0 Å². The summed E-state index contributed by atoms with van der Waals surface area (Å²) in [7, 11) is -3.94. The Hall–Kier alpha value is -2.59. The second-order valence-electron chi connectivity index (χ2n) is 8.61. The van der Waals surface area contributed by atoms with Crippen molar-refractivity contribution in [3.63, 3.8) is 0 Å². The summed E-state index contributed by atoms with van der Waals surface area (Å²) in [6, 6.07) is 20.2. The largest absolute Gasteiger partial charge is 0.355 e. The Balaban J connectivity index is 2.06. The molecule has 11 heteroatoms. The Labute approximate surface area is 241 Å². The highest BCUT2D eigenvalue weighted by atomic mass is 79.9. The molecule has 38 heavy (non-hydrogen) atoms. The Morgan fingerprint density at radius 1 is 0.974 bits per heavy atom. The van der Waals surface area contributed by atoms with Crippen LogP contribution in [0, 0.1) is 0 Å². The number of carbonyl (C=O) groups is 2. The highest BCUT2D eigenvalue weighted by Crippen LogP contribution is 2.31. The van der Waals surface area contributed by atoms with Crippen molar-refractivity contribution in [2.75, 3.05) is 23.7 Å². The van der Waals surface area contributed by atoms with Crippen molar-refractivity contribution in [3.05, 3.63) is 98.4 Å². The third kappa shape index (κ3) is 8.20. The number of hydrogen-bond acceptors (Lipinski definition) is 4. The van der Waals surface area contributed by atoms with Crippen LogP contribution in [0.5, 0.6) is 0 Å². The normalized spacial score (nSPS) is 12.0. The van der Waals surface area contributed by atoms with Crippen molar-refractivity contribution in [1.82, 2.24) is 10.2 Å². The van der Waals surface area contributed by atoms with Gasteiger partial charge in [-0.15, -0.1) is 0 Å². The first-order chi connectivity index (χ1) is 18.0. The molecular formula is C27H28BrCl2N3O4S. The van der Waals surface area contributed by atoms with E-state index in [1.165, 1.54) is 23.1 Å². The maximum absolute atomic E-state index is 13.9. The number of benzene rings is 3. The van der Waals surface area contributed by atoms with Crippen LogP contribution in [0.15, 0.2) is 77.3 Å². The van der Waals surface area contributed by atoms with Crippen LogP contribution in [0.4, 0.5) is 5.69 Å². The first kappa shape index (κ1) is 30.0. The minimum atomic E-state index is -3.94. The van der Waals surface area contributed by atoms with Crippen LogP contribution in [-0.4, -0.2) is 50.5 Å². The first-order valence-corrected chi connectivity index (χ1v) is 15.2. The summed E-state index contributed by atoms with van der Waals surface area (Å²) in [6.07, 6.45) is 1.23. The van der Waals surface area contributed by atoms with Crippen molar-refractivity contribution in [2.24, 2.45) is 0 Å². The maximum Gasteiger partial charge on any atom is 0.244 e. The molecule has 7 nitrogen and oxygen atoms in total. The summed E-state index contributed by atoms with van der Waals surface area (Å²) < 4.78 is 27.4. The molecule has 2 amide bonds. The number of anilines is 1. The SMILES string of the molecule is CCNC(=O)C(Cc1ccccc1)N(Cc1ccc(Br)cc1)C(=O)CN(c1cc(Cl)ccc1Cl)S(C)(=O)=O. The molecule has 3 aromatic carbocycles. The van der Waals surface area contributed by atoms with Crippen molar-refractivity contribution < 1.29 is 18.0 Å². The molecule has 0 saturated carbocycles. The lowest BCUT2D eigenvalue weighted by atomic mass is 10.0. The van der Waals surface area contributed by atoms with Crippen LogP contribution in [0.1, 0.15) is 18.1 Å². The number of nitrogens with zero attached hydrogens (tertiary/aromatic N) is 2. The van der Waals surface area contributed by atoms with Crippen LogP contribution >= 0.6 is 39.1 Å². The number of sulfonamides is 1. The average Bonchev–Trinajstić information content (AvgIpc) is 2.87. The molecule has 0 bridgehead atoms. The molecule has 1 atom stereocenters. The lowest BCUT2D eigenvalue weighted by molar-refractivity contribution is -0.140. The predicted molar refractivity (Wildman–Crippen MR) is 156 cm³/mol. The van der Waals surface area contributed by atoms with E-state index in [1.807, 2.05) is 54.6 Å². The zero-order valence-corrected chi connectivity index (χ0v) is 24.8. The monoisotopic (exact) mass is 639 g/mol. The summed E-state index contributed by atoms with van der Waals surface area (Å²) >= 11 is 15.8. The zero-order valence-electron chi connectivity index (χ0n) is 20.9. The van der Waals surface area contributed by atoms with Gasteiger partial charge in [-0.25, -0.2) is 8.42 Å². The van der Waals surface area contributed by atoms with Crippen molar-refractivity contribution in [3.8, 4) is 0 Å². The molecule has 0 aromatic heterocycles. The van der Waals surface area contributed by atoms with E-state index in [-0.39, 0.29) is 34.6 Å². The third-order valence-electron chi connectivity index (χ3n) is 5.74. The smallest absolute Gasteiger partial charge is 0.244 e. The standard InChI is InChI=1S/C27H28BrCl2N3O4S/c1-3-31-27(35)25(15-19-7-5-4-6-8-19)32(17-20-9-11-21(28)12-10-20)26(34)18-33(38(2,36)37)24-16-22(29)13-14-23(24)30/h4-14,16,25H,3,15,17-18H2,1-2H3,(H,31,35). The highest BCUT2D eigenvalue weighted by Gasteiger charge is 2.33. The van der Waals surface area contributed by atoms with E-state index in [1.54, 1.807) is 6.92 Å². The number of likely N-dealkylation sites (N-methyl/N-ethyl adjacent to an activating group) is 1. The van der Waals surface area contributed by atoms with Crippen LogP contribution < -0.4 is 9.62 Å². The fourth-order valence-electron chi connectivity index (χ4n) is 3.90. The summed E-state index contributed by atoms with van der Waals surface area (Å²) in [6.45, 7) is 1.69. The van der Waals surface area contributed by atoms with Gasteiger partial charge in [0.05, 0.1) is 17.0 Å². The van der Waals surface area contributed by atoms with Crippen LogP contribution in [0.3, 0.4) is 0 Å².